The first-order chi connectivity index (χ1) is 7.54. The Labute approximate surface area is 90.1 Å². The SMILES string of the molecule is CCONC(=O)c1cc(F)cc([N+](=O)[O-])c1. The zero-order chi connectivity index (χ0) is 12.1. The Morgan fingerprint density at radius 3 is 2.81 bits per heavy atom. The molecule has 0 aromatic heterocycles. The lowest BCUT2D eigenvalue weighted by molar-refractivity contribution is -0.385. The first kappa shape index (κ1) is 12.1. The molecule has 16 heavy (non-hydrogen) atoms. The molecule has 1 N–H and O–H groups in total. The Morgan fingerprint density at radius 2 is 2.25 bits per heavy atom. The summed E-state index contributed by atoms with van der Waals surface area (Å²) in [5.41, 5.74) is 1.36. The molecule has 0 aliphatic rings. The van der Waals surface area contributed by atoms with Gasteiger partial charge in [0, 0.05) is 6.07 Å². The summed E-state index contributed by atoms with van der Waals surface area (Å²) < 4.78 is 12.9. The van der Waals surface area contributed by atoms with Gasteiger partial charge in [0.15, 0.2) is 0 Å². The molecule has 0 radical (unpaired) electrons. The van der Waals surface area contributed by atoms with Crippen molar-refractivity contribution in [3.8, 4) is 0 Å². The van der Waals surface area contributed by atoms with Crippen molar-refractivity contribution < 1.29 is 18.9 Å². The Balaban J connectivity index is 2.95. The summed E-state index contributed by atoms with van der Waals surface area (Å²) >= 11 is 0. The lowest BCUT2D eigenvalue weighted by Crippen LogP contribution is -2.23. The molecule has 7 heteroatoms. The fourth-order valence-corrected chi connectivity index (χ4v) is 1.01. The molecule has 1 amide bonds. The van der Waals surface area contributed by atoms with Gasteiger partial charge in [-0.05, 0) is 13.0 Å². The number of halogens is 1. The van der Waals surface area contributed by atoms with Gasteiger partial charge in [0.2, 0.25) is 0 Å². The van der Waals surface area contributed by atoms with E-state index in [2.05, 4.69) is 4.84 Å². The second-order valence-corrected chi connectivity index (χ2v) is 2.82. The van der Waals surface area contributed by atoms with Crippen LogP contribution < -0.4 is 5.48 Å². The average molecular weight is 228 g/mol. The minimum atomic E-state index is -0.851. The predicted molar refractivity (Wildman–Crippen MR) is 52.1 cm³/mol. The summed E-state index contributed by atoms with van der Waals surface area (Å²) in [6.07, 6.45) is 0. The Hall–Kier alpha value is -2.02. The van der Waals surface area contributed by atoms with Crippen LogP contribution in [0.15, 0.2) is 18.2 Å². The van der Waals surface area contributed by atoms with Gasteiger partial charge in [0.25, 0.3) is 11.6 Å². The number of benzene rings is 1. The molecular formula is C9H9FN2O4. The molecule has 6 nitrogen and oxygen atoms in total. The van der Waals surface area contributed by atoms with Gasteiger partial charge >= 0.3 is 0 Å². The van der Waals surface area contributed by atoms with Crippen LogP contribution in [-0.2, 0) is 4.84 Å². The molecule has 0 atom stereocenters. The van der Waals surface area contributed by atoms with Crippen LogP contribution in [0.1, 0.15) is 17.3 Å². The number of nitrogens with zero attached hydrogens (tertiary/aromatic N) is 1. The number of rotatable bonds is 4. The zero-order valence-corrected chi connectivity index (χ0v) is 8.40. The topological polar surface area (TPSA) is 81.5 Å². The van der Waals surface area contributed by atoms with E-state index in [-0.39, 0.29) is 12.2 Å². The third kappa shape index (κ3) is 2.99. The van der Waals surface area contributed by atoms with E-state index >= 15 is 0 Å². The number of hydrogen-bond donors (Lipinski definition) is 1. The lowest BCUT2D eigenvalue weighted by Gasteiger charge is -2.03. The Kier molecular flexibility index (Phi) is 3.90. The van der Waals surface area contributed by atoms with Gasteiger partial charge in [0.05, 0.1) is 23.2 Å². The van der Waals surface area contributed by atoms with Crippen molar-refractivity contribution in [2.75, 3.05) is 6.61 Å². The molecule has 86 valence electrons. The van der Waals surface area contributed by atoms with Gasteiger partial charge in [0.1, 0.15) is 5.82 Å². The normalized spacial score (nSPS) is 9.88. The highest BCUT2D eigenvalue weighted by Gasteiger charge is 2.14. The molecule has 0 saturated heterocycles. The first-order valence-corrected chi connectivity index (χ1v) is 4.41. The van der Waals surface area contributed by atoms with Crippen LogP contribution in [0.25, 0.3) is 0 Å². The molecule has 0 spiro atoms. The van der Waals surface area contributed by atoms with Crippen molar-refractivity contribution in [1.29, 1.82) is 0 Å². The smallest absolute Gasteiger partial charge is 0.274 e. The third-order valence-corrected chi connectivity index (χ3v) is 1.66. The van der Waals surface area contributed by atoms with Crippen molar-refractivity contribution in [2.45, 2.75) is 6.92 Å². The number of hydrogen-bond acceptors (Lipinski definition) is 4. The number of nitro benzene ring substituents is 1. The minimum absolute atomic E-state index is 0.167. The van der Waals surface area contributed by atoms with Gasteiger partial charge in [-0.2, -0.15) is 0 Å². The summed E-state index contributed by atoms with van der Waals surface area (Å²) in [5, 5.41) is 10.4. The number of nitrogens with one attached hydrogen (secondary N) is 1. The molecule has 0 aliphatic heterocycles. The standard InChI is InChI=1S/C9H9FN2O4/c1-2-16-11-9(13)6-3-7(10)5-8(4-6)12(14)15/h3-5H,2H2,1H3,(H,11,13). The maximum atomic E-state index is 12.9. The van der Waals surface area contributed by atoms with E-state index in [1.54, 1.807) is 6.92 Å². The first-order valence-electron chi connectivity index (χ1n) is 4.41. The molecule has 0 bridgehead atoms. The van der Waals surface area contributed by atoms with Crippen molar-refractivity contribution in [3.63, 3.8) is 0 Å². The van der Waals surface area contributed by atoms with Gasteiger partial charge in [-0.3, -0.25) is 19.7 Å². The molecular weight excluding hydrogens is 219 g/mol. The van der Waals surface area contributed by atoms with E-state index in [0.717, 1.165) is 18.2 Å². The molecule has 1 aromatic rings. The number of nitro groups is 1. The van der Waals surface area contributed by atoms with E-state index in [4.69, 9.17) is 0 Å². The second-order valence-electron chi connectivity index (χ2n) is 2.82. The Bertz CT molecular complexity index is 422. The maximum Gasteiger partial charge on any atom is 0.275 e. The fourth-order valence-electron chi connectivity index (χ4n) is 1.01. The number of amides is 1. The third-order valence-electron chi connectivity index (χ3n) is 1.66. The summed E-state index contributed by atoms with van der Waals surface area (Å²) in [6.45, 7) is 1.89. The number of carbonyl (C=O) groups excluding carboxylic acids is 1. The predicted octanol–water partition coefficient (Wildman–Crippen LogP) is 1.42. The molecule has 0 fully saturated rings. The van der Waals surface area contributed by atoms with Crippen LogP contribution in [0.2, 0.25) is 0 Å². The highest BCUT2D eigenvalue weighted by Crippen LogP contribution is 2.16. The highest BCUT2D eigenvalue weighted by molar-refractivity contribution is 5.94. The number of hydroxylamine groups is 1. The van der Waals surface area contributed by atoms with Gasteiger partial charge in [-0.1, -0.05) is 0 Å². The van der Waals surface area contributed by atoms with Crippen molar-refractivity contribution >= 4 is 11.6 Å². The van der Waals surface area contributed by atoms with Crippen LogP contribution in [0, 0.1) is 15.9 Å². The molecule has 0 aliphatic carbocycles. The van der Waals surface area contributed by atoms with Crippen molar-refractivity contribution in [3.05, 3.63) is 39.7 Å². The Morgan fingerprint density at radius 1 is 1.56 bits per heavy atom. The summed E-state index contributed by atoms with van der Waals surface area (Å²) in [4.78, 5) is 25.5. The molecule has 1 rings (SSSR count). The summed E-state index contributed by atoms with van der Waals surface area (Å²) in [7, 11) is 0. The van der Waals surface area contributed by atoms with Crippen LogP contribution in [0.5, 0.6) is 0 Å². The average Bonchev–Trinajstić information content (AvgIpc) is 2.24. The monoisotopic (exact) mass is 228 g/mol. The van der Waals surface area contributed by atoms with Gasteiger partial charge in [-0.25, -0.2) is 9.87 Å². The quantitative estimate of drug-likeness (QED) is 0.624. The molecule has 0 heterocycles. The molecule has 0 unspecified atom stereocenters. The van der Waals surface area contributed by atoms with E-state index in [9.17, 15) is 19.3 Å². The number of carbonyl (C=O) groups is 1. The maximum absolute atomic E-state index is 12.9. The zero-order valence-electron chi connectivity index (χ0n) is 8.40. The van der Waals surface area contributed by atoms with Crippen molar-refractivity contribution in [1.82, 2.24) is 5.48 Å². The molecule has 1 aromatic carbocycles. The van der Waals surface area contributed by atoms with E-state index < -0.39 is 22.3 Å². The summed E-state index contributed by atoms with van der Waals surface area (Å²) in [5.74, 6) is -1.58. The van der Waals surface area contributed by atoms with Gasteiger partial charge < -0.3 is 0 Å². The summed E-state index contributed by atoms with van der Waals surface area (Å²) in [6, 6.07) is 2.59. The second kappa shape index (κ2) is 5.17. The van der Waals surface area contributed by atoms with Crippen LogP contribution >= 0.6 is 0 Å². The lowest BCUT2D eigenvalue weighted by atomic mass is 10.2. The minimum Gasteiger partial charge on any atom is -0.274 e. The fraction of sp³-hybridized carbons (Fsp3) is 0.222. The number of non-ortho nitro benzene ring substituents is 1. The largest absolute Gasteiger partial charge is 0.275 e. The van der Waals surface area contributed by atoms with E-state index in [1.165, 1.54) is 0 Å². The van der Waals surface area contributed by atoms with Crippen LogP contribution in [0.4, 0.5) is 10.1 Å². The van der Waals surface area contributed by atoms with Crippen molar-refractivity contribution in [2.24, 2.45) is 0 Å². The van der Waals surface area contributed by atoms with Crippen LogP contribution in [0.3, 0.4) is 0 Å². The highest BCUT2D eigenvalue weighted by atomic mass is 19.1. The van der Waals surface area contributed by atoms with E-state index in [0.29, 0.717) is 0 Å². The van der Waals surface area contributed by atoms with Crippen LogP contribution in [-0.4, -0.2) is 17.4 Å². The molecule has 0 saturated carbocycles. The van der Waals surface area contributed by atoms with E-state index in [1.807, 2.05) is 5.48 Å². The van der Waals surface area contributed by atoms with Gasteiger partial charge in [-0.15, -0.1) is 0 Å².